The van der Waals surface area contributed by atoms with Crippen molar-refractivity contribution in [1.29, 1.82) is 0 Å². The predicted octanol–water partition coefficient (Wildman–Crippen LogP) is 2.15. The number of nitrogens with one attached hydrogen (secondary N) is 1. The summed E-state index contributed by atoms with van der Waals surface area (Å²) in [6, 6.07) is 0. The molecule has 9 heteroatoms. The lowest BCUT2D eigenvalue weighted by atomic mass is 10.0. The standard InChI is InChI=1S/C10H13F6NO2/c11-9(12,13)6(10(14,15)16)7(18)17-5-8(19)3-1-2-4-8/h6,19H,1-5H2,(H,17,18). The third-order valence-corrected chi connectivity index (χ3v) is 3.04. The summed E-state index contributed by atoms with van der Waals surface area (Å²) in [4.78, 5) is 11.1. The Labute approximate surface area is 105 Å². The highest BCUT2D eigenvalue weighted by molar-refractivity contribution is 5.80. The SMILES string of the molecule is O=C(NCC1(O)CCCC1)C(C(F)(F)F)C(F)(F)F. The van der Waals surface area contributed by atoms with Crippen molar-refractivity contribution in [2.75, 3.05) is 6.54 Å². The third-order valence-electron chi connectivity index (χ3n) is 3.04. The number of alkyl halides is 6. The summed E-state index contributed by atoms with van der Waals surface area (Å²) in [6.07, 6.45) is -9.68. The molecule has 0 bridgehead atoms. The molecule has 0 heterocycles. The molecule has 0 aromatic heterocycles. The minimum absolute atomic E-state index is 0.246. The molecule has 1 rings (SSSR count). The van der Waals surface area contributed by atoms with Gasteiger partial charge in [-0.25, -0.2) is 0 Å². The van der Waals surface area contributed by atoms with Crippen LogP contribution in [-0.2, 0) is 4.79 Å². The maximum absolute atomic E-state index is 12.2. The van der Waals surface area contributed by atoms with Crippen LogP contribution in [0.2, 0.25) is 0 Å². The van der Waals surface area contributed by atoms with Crippen molar-refractivity contribution in [3.63, 3.8) is 0 Å². The highest BCUT2D eigenvalue weighted by Gasteiger charge is 2.61. The van der Waals surface area contributed by atoms with Crippen LogP contribution >= 0.6 is 0 Å². The first-order valence-electron chi connectivity index (χ1n) is 5.59. The number of carbonyl (C=O) groups is 1. The average Bonchev–Trinajstić information content (AvgIpc) is 2.58. The van der Waals surface area contributed by atoms with E-state index in [-0.39, 0.29) is 12.8 Å². The van der Waals surface area contributed by atoms with E-state index in [1.807, 2.05) is 0 Å². The molecule has 1 aliphatic carbocycles. The van der Waals surface area contributed by atoms with E-state index in [9.17, 15) is 36.2 Å². The van der Waals surface area contributed by atoms with E-state index >= 15 is 0 Å². The van der Waals surface area contributed by atoms with Crippen LogP contribution in [-0.4, -0.2) is 35.5 Å². The minimum atomic E-state index is -5.71. The van der Waals surface area contributed by atoms with E-state index in [2.05, 4.69) is 0 Å². The van der Waals surface area contributed by atoms with Crippen LogP contribution in [0.3, 0.4) is 0 Å². The fraction of sp³-hybridized carbons (Fsp3) is 0.900. The molecular weight excluding hydrogens is 280 g/mol. The number of hydrogen-bond donors (Lipinski definition) is 2. The van der Waals surface area contributed by atoms with E-state index in [1.165, 1.54) is 0 Å². The van der Waals surface area contributed by atoms with Gasteiger partial charge in [0.2, 0.25) is 11.8 Å². The summed E-state index contributed by atoms with van der Waals surface area (Å²) in [7, 11) is 0. The van der Waals surface area contributed by atoms with Crippen LogP contribution in [0.4, 0.5) is 26.3 Å². The van der Waals surface area contributed by atoms with Gasteiger partial charge in [-0.1, -0.05) is 12.8 Å². The lowest BCUT2D eigenvalue weighted by Crippen LogP contribution is -2.51. The second kappa shape index (κ2) is 5.18. The summed E-state index contributed by atoms with van der Waals surface area (Å²) in [5.41, 5.74) is -1.41. The van der Waals surface area contributed by atoms with Gasteiger partial charge in [0.05, 0.1) is 5.60 Å². The molecule has 1 saturated carbocycles. The summed E-state index contributed by atoms with van der Waals surface area (Å²) in [5.74, 6) is -6.25. The van der Waals surface area contributed by atoms with Crippen molar-refractivity contribution >= 4 is 5.91 Å². The topological polar surface area (TPSA) is 49.3 Å². The van der Waals surface area contributed by atoms with Gasteiger partial charge >= 0.3 is 12.4 Å². The predicted molar refractivity (Wildman–Crippen MR) is 52.0 cm³/mol. The Balaban J connectivity index is 2.68. The lowest BCUT2D eigenvalue weighted by molar-refractivity contribution is -0.274. The monoisotopic (exact) mass is 293 g/mol. The number of halogens is 6. The third kappa shape index (κ3) is 4.26. The quantitative estimate of drug-likeness (QED) is 0.783. The van der Waals surface area contributed by atoms with Gasteiger partial charge in [-0.15, -0.1) is 0 Å². The molecule has 0 atom stereocenters. The van der Waals surface area contributed by atoms with Gasteiger partial charge in [-0.05, 0) is 12.8 Å². The van der Waals surface area contributed by atoms with Crippen LogP contribution in [0.15, 0.2) is 0 Å². The Bertz CT molecular complexity index is 318. The molecule has 0 aromatic rings. The van der Waals surface area contributed by atoms with Crippen molar-refractivity contribution in [3.8, 4) is 0 Å². The molecule has 3 nitrogen and oxygen atoms in total. The molecule has 0 saturated heterocycles. The van der Waals surface area contributed by atoms with Gasteiger partial charge in [0.15, 0.2) is 0 Å². The second-order valence-electron chi connectivity index (χ2n) is 4.67. The molecule has 0 aromatic carbocycles. The van der Waals surface area contributed by atoms with Gasteiger partial charge < -0.3 is 10.4 Å². The van der Waals surface area contributed by atoms with Crippen molar-refractivity contribution < 1.29 is 36.2 Å². The highest BCUT2D eigenvalue weighted by Crippen LogP contribution is 2.39. The minimum Gasteiger partial charge on any atom is -0.388 e. The number of carbonyl (C=O) groups excluding carboxylic acids is 1. The number of rotatable bonds is 3. The summed E-state index contributed by atoms with van der Waals surface area (Å²) in [6.45, 7) is -0.603. The van der Waals surface area contributed by atoms with Gasteiger partial charge in [0.1, 0.15) is 0 Å². The zero-order valence-electron chi connectivity index (χ0n) is 9.74. The number of aliphatic hydroxyl groups is 1. The van der Waals surface area contributed by atoms with Crippen molar-refractivity contribution in [1.82, 2.24) is 5.32 Å². The fourth-order valence-electron chi connectivity index (χ4n) is 2.05. The van der Waals surface area contributed by atoms with Gasteiger partial charge in [0, 0.05) is 6.54 Å². The normalized spacial score (nSPS) is 19.8. The molecule has 1 amide bonds. The molecule has 1 fully saturated rings. The Morgan fingerprint density at radius 3 is 1.89 bits per heavy atom. The Kier molecular flexibility index (Phi) is 4.38. The summed E-state index contributed by atoms with van der Waals surface area (Å²) >= 11 is 0. The molecule has 0 aliphatic heterocycles. The van der Waals surface area contributed by atoms with Crippen LogP contribution in [0.25, 0.3) is 0 Å². The summed E-state index contributed by atoms with van der Waals surface area (Å²) < 4.78 is 73.3. The van der Waals surface area contributed by atoms with Crippen molar-refractivity contribution in [2.24, 2.45) is 5.92 Å². The molecule has 0 radical (unpaired) electrons. The second-order valence-corrected chi connectivity index (χ2v) is 4.67. The Morgan fingerprint density at radius 2 is 1.53 bits per heavy atom. The molecule has 1 aliphatic rings. The largest absolute Gasteiger partial charge is 0.409 e. The van der Waals surface area contributed by atoms with Gasteiger partial charge in [-0.3, -0.25) is 4.79 Å². The molecule has 19 heavy (non-hydrogen) atoms. The van der Waals surface area contributed by atoms with Crippen LogP contribution in [0.5, 0.6) is 0 Å². The highest BCUT2D eigenvalue weighted by atomic mass is 19.4. The first-order chi connectivity index (χ1) is 8.46. The van der Waals surface area contributed by atoms with E-state index in [1.54, 1.807) is 5.32 Å². The number of hydrogen-bond acceptors (Lipinski definition) is 2. The maximum Gasteiger partial charge on any atom is 0.409 e. The van der Waals surface area contributed by atoms with E-state index in [0.29, 0.717) is 12.8 Å². The Morgan fingerprint density at radius 1 is 1.11 bits per heavy atom. The molecule has 0 unspecified atom stereocenters. The zero-order valence-corrected chi connectivity index (χ0v) is 9.74. The smallest absolute Gasteiger partial charge is 0.388 e. The van der Waals surface area contributed by atoms with Crippen molar-refractivity contribution in [3.05, 3.63) is 0 Å². The van der Waals surface area contributed by atoms with E-state index in [0.717, 1.165) is 0 Å². The molecule has 112 valence electrons. The van der Waals surface area contributed by atoms with Crippen LogP contribution < -0.4 is 5.32 Å². The van der Waals surface area contributed by atoms with Crippen LogP contribution in [0, 0.1) is 5.92 Å². The van der Waals surface area contributed by atoms with Gasteiger partial charge in [-0.2, -0.15) is 26.3 Å². The van der Waals surface area contributed by atoms with E-state index < -0.39 is 36.3 Å². The molecule has 0 spiro atoms. The maximum atomic E-state index is 12.2. The lowest BCUT2D eigenvalue weighted by Gasteiger charge is -2.26. The van der Waals surface area contributed by atoms with Crippen LogP contribution in [0.1, 0.15) is 25.7 Å². The summed E-state index contributed by atoms with van der Waals surface area (Å²) in [5, 5.41) is 11.3. The van der Waals surface area contributed by atoms with E-state index in [4.69, 9.17) is 0 Å². The Hall–Kier alpha value is -0.990. The average molecular weight is 293 g/mol. The zero-order chi connectivity index (χ0) is 14.9. The molecular formula is C10H13F6NO2. The van der Waals surface area contributed by atoms with Gasteiger partial charge in [0.25, 0.3) is 0 Å². The fourth-order valence-corrected chi connectivity index (χ4v) is 2.05. The van der Waals surface area contributed by atoms with Crippen molar-refractivity contribution in [2.45, 2.75) is 43.6 Å². The first kappa shape index (κ1) is 16.1. The molecule has 2 N–H and O–H groups in total. The number of amides is 1. The first-order valence-corrected chi connectivity index (χ1v) is 5.59.